The maximum absolute atomic E-state index is 13.0. The van der Waals surface area contributed by atoms with Crippen molar-refractivity contribution in [2.45, 2.75) is 18.5 Å². The van der Waals surface area contributed by atoms with Crippen LogP contribution < -0.4 is 32.9 Å². The van der Waals surface area contributed by atoms with Crippen molar-refractivity contribution in [2.75, 3.05) is 6.66 Å². The third-order valence-corrected chi connectivity index (χ3v) is 9.13. The largest absolute Gasteiger partial charge is 1.00 e. The Kier molecular flexibility index (Phi) is 7.66. The topological polar surface area (TPSA) is 0 Å². The second-order valence-corrected chi connectivity index (χ2v) is 10.7. The average molecular weight is 561 g/mol. The van der Waals surface area contributed by atoms with Crippen LogP contribution in [0.4, 0.5) is 39.5 Å². The fourth-order valence-electron chi connectivity index (χ4n) is 3.29. The molecule has 0 amide bonds. The molecule has 0 nitrogen and oxygen atoms in total. The lowest BCUT2D eigenvalue weighted by atomic mass is 10.2. The molecule has 0 fully saturated rings. The summed E-state index contributed by atoms with van der Waals surface area (Å²) in [6, 6.07) is 12.4. The first-order valence-electron chi connectivity index (χ1n) is 9.03. The predicted octanol–water partition coefficient (Wildman–Crippen LogP) is 3.67. The summed E-state index contributed by atoms with van der Waals surface area (Å²) in [6.45, 7) is 1.64. The minimum Gasteiger partial charge on any atom is -1.00 e. The first-order valence-corrected chi connectivity index (χ1v) is 11.3. The number of hydrogen-bond donors (Lipinski definition) is 0. The van der Waals surface area contributed by atoms with Crippen LogP contribution in [0.1, 0.15) is 16.7 Å². The lowest BCUT2D eigenvalue weighted by Crippen LogP contribution is -3.00. The van der Waals surface area contributed by atoms with Gasteiger partial charge in [-0.15, -0.1) is 0 Å². The smallest absolute Gasteiger partial charge is 0.416 e. The molecule has 0 aliphatic heterocycles. The van der Waals surface area contributed by atoms with Gasteiger partial charge >= 0.3 is 18.5 Å². The van der Waals surface area contributed by atoms with Crippen molar-refractivity contribution in [3.8, 4) is 0 Å². The highest BCUT2D eigenvalue weighted by Gasteiger charge is 2.43. The van der Waals surface area contributed by atoms with E-state index >= 15 is 0 Å². The zero-order valence-corrected chi connectivity index (χ0v) is 19.1. The molecule has 0 spiro atoms. The molecule has 0 saturated carbocycles. The summed E-state index contributed by atoms with van der Waals surface area (Å²) in [5.74, 6) is 0. The Morgan fingerprint density at radius 2 is 0.606 bits per heavy atom. The molecule has 0 radical (unpaired) electrons. The lowest BCUT2D eigenvalue weighted by molar-refractivity contribution is -0.138. The zero-order valence-electron chi connectivity index (χ0n) is 16.7. The third kappa shape index (κ3) is 5.72. The van der Waals surface area contributed by atoms with Crippen molar-refractivity contribution in [1.29, 1.82) is 0 Å². The Hall–Kier alpha value is -2.06. The van der Waals surface area contributed by atoms with Gasteiger partial charge in [0.15, 0.2) is 0 Å². The molecule has 3 aromatic rings. The standard InChI is InChI=1S/C22H15F9P.BrH/c1-32(17-8-2-14(3-9-17)20(23,24)25,18-10-4-15(5-11-18)21(26,27)28)19-12-6-16(7-13-19)22(29,30)31;/h2-13H,1H3;1H/q+1;/p-1. The zero-order chi connectivity index (χ0) is 23.9. The van der Waals surface area contributed by atoms with E-state index in [9.17, 15) is 39.5 Å². The van der Waals surface area contributed by atoms with E-state index < -0.39 is 42.5 Å². The Labute approximate surface area is 194 Å². The van der Waals surface area contributed by atoms with E-state index in [-0.39, 0.29) is 17.0 Å². The molecule has 0 heterocycles. The first kappa shape index (κ1) is 27.2. The van der Waals surface area contributed by atoms with Crippen LogP contribution in [0.3, 0.4) is 0 Å². The minimum atomic E-state index is -4.59. The molecule has 0 aliphatic rings. The summed E-state index contributed by atoms with van der Waals surface area (Å²) in [7, 11) is -2.84. The molecule has 3 aromatic carbocycles. The van der Waals surface area contributed by atoms with Gasteiger partial charge in [0.25, 0.3) is 0 Å². The number of hydrogen-bond acceptors (Lipinski definition) is 0. The van der Waals surface area contributed by atoms with Crippen LogP contribution in [-0.2, 0) is 18.5 Å². The molecule has 33 heavy (non-hydrogen) atoms. The minimum absolute atomic E-state index is 0. The van der Waals surface area contributed by atoms with Gasteiger partial charge in [0.05, 0.1) is 23.4 Å². The highest BCUT2D eigenvalue weighted by Crippen LogP contribution is 2.52. The van der Waals surface area contributed by atoms with E-state index in [1.54, 1.807) is 6.66 Å². The third-order valence-electron chi connectivity index (χ3n) is 5.13. The van der Waals surface area contributed by atoms with Crippen molar-refractivity contribution in [3.63, 3.8) is 0 Å². The Morgan fingerprint density at radius 1 is 0.424 bits per heavy atom. The van der Waals surface area contributed by atoms with E-state index in [4.69, 9.17) is 0 Å². The molecule has 11 heteroatoms. The van der Waals surface area contributed by atoms with Gasteiger partial charge in [0.1, 0.15) is 23.2 Å². The molecule has 3 rings (SSSR count). The van der Waals surface area contributed by atoms with Crippen LogP contribution in [0.15, 0.2) is 72.8 Å². The van der Waals surface area contributed by atoms with Crippen LogP contribution >= 0.6 is 7.26 Å². The number of halogens is 10. The van der Waals surface area contributed by atoms with Gasteiger partial charge < -0.3 is 17.0 Å². The molecule has 0 unspecified atom stereocenters. The average Bonchev–Trinajstić information content (AvgIpc) is 2.71. The van der Waals surface area contributed by atoms with Gasteiger partial charge in [-0.1, -0.05) is 0 Å². The number of rotatable bonds is 3. The molecule has 0 saturated heterocycles. The van der Waals surface area contributed by atoms with Crippen molar-refractivity contribution in [2.24, 2.45) is 0 Å². The quantitative estimate of drug-likeness (QED) is 0.339. The van der Waals surface area contributed by atoms with Crippen molar-refractivity contribution >= 4 is 23.2 Å². The SMILES string of the molecule is C[P+](c1ccc(C(F)(F)F)cc1)(c1ccc(C(F)(F)F)cc1)c1ccc(C(F)(F)F)cc1.[Br-]. The normalized spacial score (nSPS) is 12.9. The summed E-state index contributed by atoms with van der Waals surface area (Å²) < 4.78 is 117. The molecule has 0 atom stereocenters. The van der Waals surface area contributed by atoms with Gasteiger partial charge in [0, 0.05) is 0 Å². The van der Waals surface area contributed by atoms with E-state index in [1.807, 2.05) is 0 Å². The number of benzene rings is 3. The van der Waals surface area contributed by atoms with Gasteiger partial charge in [0.2, 0.25) is 0 Å². The van der Waals surface area contributed by atoms with Crippen LogP contribution in [0, 0.1) is 0 Å². The van der Waals surface area contributed by atoms with Crippen LogP contribution in [0.25, 0.3) is 0 Å². The molecular weight excluding hydrogens is 546 g/mol. The van der Waals surface area contributed by atoms with Gasteiger partial charge in [-0.3, -0.25) is 0 Å². The summed E-state index contributed by atoms with van der Waals surface area (Å²) in [5, 5.41) is 1.14. The maximum atomic E-state index is 13.0. The van der Waals surface area contributed by atoms with Gasteiger partial charge in [-0.25, -0.2) is 0 Å². The Morgan fingerprint density at radius 3 is 0.758 bits per heavy atom. The molecule has 178 valence electrons. The van der Waals surface area contributed by atoms with E-state index in [0.29, 0.717) is 15.9 Å². The van der Waals surface area contributed by atoms with Gasteiger partial charge in [-0.2, -0.15) is 39.5 Å². The Bertz CT molecular complexity index is 926. The van der Waals surface area contributed by atoms with Crippen molar-refractivity contribution in [3.05, 3.63) is 89.5 Å². The fourth-order valence-corrected chi connectivity index (χ4v) is 6.42. The predicted molar refractivity (Wildman–Crippen MR) is 106 cm³/mol. The van der Waals surface area contributed by atoms with E-state index in [0.717, 1.165) is 36.4 Å². The highest BCUT2D eigenvalue weighted by atomic mass is 79.9. The summed E-state index contributed by atoms with van der Waals surface area (Å²) in [5.41, 5.74) is -2.73. The van der Waals surface area contributed by atoms with E-state index in [1.165, 1.54) is 36.4 Å². The number of alkyl halides is 9. The Balaban J connectivity index is 0.00000385. The monoisotopic (exact) mass is 560 g/mol. The molecular formula is C22H15BrF9P. The molecule has 0 aliphatic carbocycles. The van der Waals surface area contributed by atoms with E-state index in [2.05, 4.69) is 0 Å². The summed E-state index contributed by atoms with van der Waals surface area (Å²) >= 11 is 0. The molecule has 0 bridgehead atoms. The van der Waals surface area contributed by atoms with Crippen LogP contribution in [0.5, 0.6) is 0 Å². The van der Waals surface area contributed by atoms with Crippen LogP contribution in [0.2, 0.25) is 0 Å². The lowest BCUT2D eigenvalue weighted by Gasteiger charge is -2.24. The first-order chi connectivity index (χ1) is 14.6. The molecule has 0 aromatic heterocycles. The van der Waals surface area contributed by atoms with Crippen molar-refractivity contribution in [1.82, 2.24) is 0 Å². The second kappa shape index (κ2) is 9.29. The summed E-state index contributed by atoms with van der Waals surface area (Å²) in [6.07, 6.45) is -13.8. The van der Waals surface area contributed by atoms with Gasteiger partial charge in [-0.05, 0) is 72.8 Å². The summed E-state index contributed by atoms with van der Waals surface area (Å²) in [4.78, 5) is 0. The molecule has 0 N–H and O–H groups in total. The second-order valence-electron chi connectivity index (χ2n) is 7.14. The fraction of sp³-hybridized carbons (Fsp3) is 0.182. The maximum Gasteiger partial charge on any atom is 0.416 e. The van der Waals surface area contributed by atoms with Crippen molar-refractivity contribution < 1.29 is 56.5 Å². The van der Waals surface area contributed by atoms with Crippen LogP contribution in [-0.4, -0.2) is 6.66 Å². The highest BCUT2D eigenvalue weighted by molar-refractivity contribution is 7.95.